The number of carbonyl (C=O) groups is 3. The summed E-state index contributed by atoms with van der Waals surface area (Å²) in [5.41, 5.74) is 1.24. The van der Waals surface area contributed by atoms with Crippen LogP contribution in [0.4, 0.5) is 11.4 Å². The predicted molar refractivity (Wildman–Crippen MR) is 118 cm³/mol. The maximum absolute atomic E-state index is 13.0. The molecule has 0 saturated carbocycles. The second-order valence-electron chi connectivity index (χ2n) is 6.98. The van der Waals surface area contributed by atoms with Crippen LogP contribution in [0.5, 0.6) is 0 Å². The Morgan fingerprint density at radius 1 is 1.19 bits per heavy atom. The number of sulfone groups is 1. The van der Waals surface area contributed by atoms with Gasteiger partial charge in [-0.2, -0.15) is 0 Å². The van der Waals surface area contributed by atoms with Gasteiger partial charge < -0.3 is 15.4 Å². The van der Waals surface area contributed by atoms with Gasteiger partial charge >= 0.3 is 5.97 Å². The van der Waals surface area contributed by atoms with E-state index in [0.717, 1.165) is 4.90 Å². The topological polar surface area (TPSA) is 119 Å². The van der Waals surface area contributed by atoms with E-state index in [1.165, 1.54) is 62.2 Å². The first-order valence-corrected chi connectivity index (χ1v) is 12.0. The van der Waals surface area contributed by atoms with E-state index in [9.17, 15) is 22.8 Å². The zero-order valence-corrected chi connectivity index (χ0v) is 18.6. The van der Waals surface area contributed by atoms with E-state index >= 15 is 0 Å². The molecule has 164 valence electrons. The zero-order valence-electron chi connectivity index (χ0n) is 17.0. The minimum absolute atomic E-state index is 0.0526. The molecule has 0 radical (unpaired) electrons. The van der Waals surface area contributed by atoms with E-state index in [1.54, 1.807) is 6.07 Å². The fourth-order valence-corrected chi connectivity index (χ4v) is 5.31. The summed E-state index contributed by atoms with van der Waals surface area (Å²) in [5, 5.41) is 4.38. The average Bonchev–Trinajstić information content (AvgIpc) is 2.93. The number of rotatable bonds is 6. The van der Waals surface area contributed by atoms with Gasteiger partial charge in [-0.25, -0.2) is 13.2 Å². The Bertz CT molecular complexity index is 1110. The summed E-state index contributed by atoms with van der Waals surface area (Å²) >= 11 is 1.49. The number of methoxy groups -OCH3 is 1. The van der Waals surface area contributed by atoms with Crippen molar-refractivity contribution in [1.29, 1.82) is 0 Å². The normalized spacial score (nSPS) is 14.6. The molecule has 2 aromatic carbocycles. The molecule has 0 saturated heterocycles. The van der Waals surface area contributed by atoms with Gasteiger partial charge in [-0.3, -0.25) is 9.59 Å². The van der Waals surface area contributed by atoms with Gasteiger partial charge in [0.2, 0.25) is 11.8 Å². The SMILES string of the molecule is COC(=O)c1ccc(NC(=O)C[C@H](C)S(=O)(=O)c2ccc3c(c2)NC(=O)CCS3)cc1. The van der Waals surface area contributed by atoms with Crippen molar-refractivity contribution in [3.05, 3.63) is 48.0 Å². The molecule has 0 aliphatic carbocycles. The van der Waals surface area contributed by atoms with E-state index in [2.05, 4.69) is 15.4 Å². The lowest BCUT2D eigenvalue weighted by molar-refractivity contribution is -0.116. The average molecular weight is 463 g/mol. The summed E-state index contributed by atoms with van der Waals surface area (Å²) < 4.78 is 30.6. The number of benzene rings is 2. The number of hydrogen-bond donors (Lipinski definition) is 2. The highest BCUT2D eigenvalue weighted by Gasteiger charge is 2.27. The second-order valence-corrected chi connectivity index (χ2v) is 10.5. The number of ether oxygens (including phenoxy) is 1. The number of hydrogen-bond acceptors (Lipinski definition) is 7. The maximum Gasteiger partial charge on any atom is 0.337 e. The molecule has 2 aromatic rings. The zero-order chi connectivity index (χ0) is 22.6. The fraction of sp³-hybridized carbons (Fsp3) is 0.286. The van der Waals surface area contributed by atoms with E-state index in [0.29, 0.717) is 29.1 Å². The van der Waals surface area contributed by atoms with Gasteiger partial charge in [-0.05, 0) is 49.4 Å². The Hall–Kier alpha value is -2.85. The molecule has 1 heterocycles. The Labute approximate surface area is 184 Å². The highest BCUT2D eigenvalue weighted by molar-refractivity contribution is 7.99. The van der Waals surface area contributed by atoms with E-state index in [1.807, 2.05) is 0 Å². The Kier molecular flexibility index (Phi) is 7.01. The molecular weight excluding hydrogens is 440 g/mol. The highest BCUT2D eigenvalue weighted by atomic mass is 32.2. The van der Waals surface area contributed by atoms with Crippen LogP contribution in [0.3, 0.4) is 0 Å². The molecule has 0 spiro atoms. The lowest BCUT2D eigenvalue weighted by atomic mass is 10.2. The van der Waals surface area contributed by atoms with E-state index in [4.69, 9.17) is 0 Å². The predicted octanol–water partition coefficient (Wildman–Crippen LogP) is 3.10. The van der Waals surface area contributed by atoms with Crippen molar-refractivity contribution in [2.75, 3.05) is 23.5 Å². The third-order valence-electron chi connectivity index (χ3n) is 4.73. The molecule has 0 fully saturated rings. The third-order valence-corrected chi connectivity index (χ3v) is 7.95. The molecule has 10 heteroatoms. The third kappa shape index (κ3) is 5.45. The van der Waals surface area contributed by atoms with E-state index in [-0.39, 0.29) is 17.2 Å². The number of nitrogens with one attached hydrogen (secondary N) is 2. The van der Waals surface area contributed by atoms with Crippen LogP contribution in [0, 0.1) is 0 Å². The summed E-state index contributed by atoms with van der Waals surface area (Å²) in [7, 11) is -2.52. The summed E-state index contributed by atoms with van der Waals surface area (Å²) in [6.07, 6.45) is 0.109. The summed E-state index contributed by atoms with van der Waals surface area (Å²) in [4.78, 5) is 36.5. The molecule has 0 unspecified atom stereocenters. The van der Waals surface area contributed by atoms with Crippen molar-refractivity contribution in [2.24, 2.45) is 0 Å². The number of amides is 2. The number of esters is 1. The number of thioether (sulfide) groups is 1. The minimum atomic E-state index is -3.79. The Morgan fingerprint density at radius 3 is 2.58 bits per heavy atom. The summed E-state index contributed by atoms with van der Waals surface area (Å²) in [5.74, 6) is -0.498. The number of fused-ring (bicyclic) bond motifs is 1. The van der Waals surface area contributed by atoms with Gasteiger partial charge in [-0.15, -0.1) is 11.8 Å². The molecule has 1 aliphatic heterocycles. The van der Waals surface area contributed by atoms with Gasteiger partial charge in [0.1, 0.15) is 0 Å². The van der Waals surface area contributed by atoms with Crippen molar-refractivity contribution >= 4 is 50.8 Å². The van der Waals surface area contributed by atoms with Crippen LogP contribution in [0.15, 0.2) is 52.3 Å². The lowest BCUT2D eigenvalue weighted by Gasteiger charge is -2.15. The molecular formula is C21H22N2O6S2. The Balaban J connectivity index is 1.69. The molecule has 3 rings (SSSR count). The summed E-state index contributed by atoms with van der Waals surface area (Å²) in [6, 6.07) is 10.7. The number of carbonyl (C=O) groups excluding carboxylic acids is 3. The van der Waals surface area contributed by atoms with Crippen LogP contribution in [0.25, 0.3) is 0 Å². The van der Waals surface area contributed by atoms with Crippen molar-refractivity contribution in [3.63, 3.8) is 0 Å². The second kappa shape index (κ2) is 9.52. The summed E-state index contributed by atoms with van der Waals surface area (Å²) in [6.45, 7) is 1.47. The molecule has 1 aliphatic rings. The quantitative estimate of drug-likeness (QED) is 0.633. The Morgan fingerprint density at radius 2 is 1.90 bits per heavy atom. The van der Waals surface area contributed by atoms with Crippen molar-refractivity contribution < 1.29 is 27.5 Å². The van der Waals surface area contributed by atoms with Gasteiger partial charge in [0.05, 0.1) is 28.5 Å². The van der Waals surface area contributed by atoms with Crippen LogP contribution in [-0.2, 0) is 24.2 Å². The first-order valence-electron chi connectivity index (χ1n) is 9.49. The fourth-order valence-electron chi connectivity index (χ4n) is 3.00. The van der Waals surface area contributed by atoms with Crippen LogP contribution < -0.4 is 10.6 Å². The minimum Gasteiger partial charge on any atom is -0.465 e. The number of anilines is 2. The van der Waals surface area contributed by atoms with Crippen molar-refractivity contribution in [3.8, 4) is 0 Å². The molecule has 2 N–H and O–H groups in total. The first kappa shape index (κ1) is 22.8. The van der Waals surface area contributed by atoms with Gasteiger partial charge in [0.25, 0.3) is 0 Å². The van der Waals surface area contributed by atoms with Crippen molar-refractivity contribution in [1.82, 2.24) is 0 Å². The van der Waals surface area contributed by atoms with Gasteiger partial charge in [-0.1, -0.05) is 0 Å². The van der Waals surface area contributed by atoms with Gasteiger partial charge in [0, 0.05) is 29.2 Å². The smallest absolute Gasteiger partial charge is 0.337 e. The lowest BCUT2D eigenvalue weighted by Crippen LogP contribution is -2.25. The first-order chi connectivity index (χ1) is 14.7. The van der Waals surface area contributed by atoms with Crippen molar-refractivity contribution in [2.45, 2.75) is 34.8 Å². The highest BCUT2D eigenvalue weighted by Crippen LogP contribution is 2.33. The van der Waals surface area contributed by atoms with Crippen LogP contribution in [-0.4, -0.2) is 44.3 Å². The van der Waals surface area contributed by atoms with Gasteiger partial charge in [0.15, 0.2) is 9.84 Å². The molecule has 0 aromatic heterocycles. The standard InChI is InChI=1S/C21H22N2O6S2/c1-13(11-20(25)22-15-5-3-14(4-6-15)21(26)29-2)31(27,28)16-7-8-18-17(12-16)23-19(24)9-10-30-18/h3-8,12-13H,9-11H2,1-2H3,(H,22,25)(H,23,24)/t13-/m0/s1. The van der Waals surface area contributed by atoms with E-state index < -0.39 is 27.0 Å². The van der Waals surface area contributed by atoms with Crippen LogP contribution in [0.1, 0.15) is 30.1 Å². The molecule has 8 nitrogen and oxygen atoms in total. The molecule has 2 amide bonds. The largest absolute Gasteiger partial charge is 0.465 e. The van der Waals surface area contributed by atoms with Crippen LogP contribution in [0.2, 0.25) is 0 Å². The molecule has 1 atom stereocenters. The monoisotopic (exact) mass is 462 g/mol. The van der Waals surface area contributed by atoms with Crippen LogP contribution >= 0.6 is 11.8 Å². The molecule has 0 bridgehead atoms. The molecule has 31 heavy (non-hydrogen) atoms. The maximum atomic E-state index is 13.0.